The summed E-state index contributed by atoms with van der Waals surface area (Å²) in [4.78, 5) is 23.5. The van der Waals surface area contributed by atoms with E-state index in [0.29, 0.717) is 17.7 Å². The Kier molecular flexibility index (Phi) is 2.41. The second kappa shape index (κ2) is 3.95. The summed E-state index contributed by atoms with van der Waals surface area (Å²) >= 11 is 1.67. The Morgan fingerprint density at radius 3 is 3.11 bits per heavy atom. The van der Waals surface area contributed by atoms with Crippen molar-refractivity contribution in [3.8, 4) is 0 Å². The predicted octanol–water partition coefficient (Wildman–Crippen LogP) is 1.12. The number of anilines is 1. The number of nitrogen functional groups attached to an aromatic ring is 1. The van der Waals surface area contributed by atoms with Gasteiger partial charge in [-0.1, -0.05) is 0 Å². The molecule has 3 heterocycles. The first-order valence-corrected chi connectivity index (χ1v) is 6.26. The number of fused-ring (bicyclic) bond motifs is 1. The molecule has 3 aromatic heterocycles. The molecule has 0 saturated carbocycles. The normalized spacial score (nSPS) is 11.2. The lowest BCUT2D eigenvalue weighted by Gasteiger charge is -2.03. The number of aryl methyl sites for hydroxylation is 1. The first-order chi connectivity index (χ1) is 8.65. The van der Waals surface area contributed by atoms with Gasteiger partial charge in [-0.2, -0.15) is 4.98 Å². The van der Waals surface area contributed by atoms with Crippen LogP contribution in [0.2, 0.25) is 0 Å². The number of nitrogens with zero attached hydrogens (tertiary/aromatic N) is 3. The van der Waals surface area contributed by atoms with Gasteiger partial charge in [0.15, 0.2) is 11.2 Å². The van der Waals surface area contributed by atoms with E-state index >= 15 is 0 Å². The summed E-state index contributed by atoms with van der Waals surface area (Å²) in [5.74, 6) is 0.108. The number of nitrogens with one attached hydrogen (secondary N) is 1. The summed E-state index contributed by atoms with van der Waals surface area (Å²) < 4.78 is 1.83. The lowest BCUT2D eigenvalue weighted by atomic mass is 10.3. The summed E-state index contributed by atoms with van der Waals surface area (Å²) in [5, 5.41) is 2.04. The number of aromatic amines is 1. The fourth-order valence-corrected chi connectivity index (χ4v) is 2.71. The van der Waals surface area contributed by atoms with E-state index in [9.17, 15) is 4.79 Å². The molecule has 0 amide bonds. The van der Waals surface area contributed by atoms with Gasteiger partial charge >= 0.3 is 0 Å². The van der Waals surface area contributed by atoms with Crippen LogP contribution in [0.3, 0.4) is 0 Å². The highest BCUT2D eigenvalue weighted by molar-refractivity contribution is 7.10. The van der Waals surface area contributed by atoms with Gasteiger partial charge in [0.2, 0.25) is 5.95 Å². The van der Waals surface area contributed by atoms with Crippen molar-refractivity contribution in [2.24, 2.45) is 0 Å². The number of imidazole rings is 1. The van der Waals surface area contributed by atoms with E-state index in [2.05, 4.69) is 27.9 Å². The van der Waals surface area contributed by atoms with Crippen LogP contribution in [0.5, 0.6) is 0 Å². The monoisotopic (exact) mass is 261 g/mol. The molecule has 0 aliphatic heterocycles. The molecule has 0 radical (unpaired) electrons. The van der Waals surface area contributed by atoms with Crippen LogP contribution in [0.1, 0.15) is 10.4 Å². The molecule has 92 valence electrons. The standard InChI is InChI=1S/C11H11N5OS/c1-6-2-3-18-7(6)4-16-5-13-8-9(16)14-11(12)15-10(8)17/h2-3,5H,4H2,1H3,(H3,12,14,15,17). The molecule has 0 spiro atoms. The zero-order chi connectivity index (χ0) is 12.7. The third kappa shape index (κ3) is 1.68. The van der Waals surface area contributed by atoms with E-state index in [0.717, 1.165) is 0 Å². The molecule has 0 aliphatic rings. The van der Waals surface area contributed by atoms with Crippen molar-refractivity contribution in [2.45, 2.75) is 13.5 Å². The number of hydrogen-bond donors (Lipinski definition) is 2. The van der Waals surface area contributed by atoms with Gasteiger partial charge in [-0.25, -0.2) is 4.98 Å². The van der Waals surface area contributed by atoms with Crippen LogP contribution in [-0.4, -0.2) is 19.5 Å². The fraction of sp³-hybridized carbons (Fsp3) is 0.182. The van der Waals surface area contributed by atoms with Crippen molar-refractivity contribution < 1.29 is 0 Å². The quantitative estimate of drug-likeness (QED) is 0.723. The van der Waals surface area contributed by atoms with Gasteiger partial charge in [-0.3, -0.25) is 9.78 Å². The number of rotatable bonds is 2. The smallest absolute Gasteiger partial charge is 0.280 e. The first kappa shape index (κ1) is 11.0. The molecule has 6 nitrogen and oxygen atoms in total. The minimum absolute atomic E-state index is 0.108. The number of nitrogens with two attached hydrogens (primary N) is 1. The molecule has 7 heteroatoms. The molecular weight excluding hydrogens is 250 g/mol. The lowest BCUT2D eigenvalue weighted by molar-refractivity contribution is 0.822. The molecule has 3 rings (SSSR count). The maximum atomic E-state index is 11.6. The van der Waals surface area contributed by atoms with E-state index in [1.165, 1.54) is 10.4 Å². The number of H-pyrrole nitrogens is 1. The van der Waals surface area contributed by atoms with E-state index < -0.39 is 0 Å². The third-order valence-electron chi connectivity index (χ3n) is 2.78. The highest BCUT2D eigenvalue weighted by atomic mass is 32.1. The second-order valence-electron chi connectivity index (χ2n) is 4.02. The molecule has 18 heavy (non-hydrogen) atoms. The highest BCUT2D eigenvalue weighted by Crippen LogP contribution is 2.18. The minimum atomic E-state index is -0.306. The lowest BCUT2D eigenvalue weighted by Crippen LogP contribution is -2.12. The Bertz CT molecular complexity index is 769. The topological polar surface area (TPSA) is 89.6 Å². The van der Waals surface area contributed by atoms with Gasteiger partial charge in [0.1, 0.15) is 0 Å². The Balaban J connectivity index is 2.13. The summed E-state index contributed by atoms with van der Waals surface area (Å²) in [6.45, 7) is 2.70. The molecule has 3 aromatic rings. The molecule has 0 atom stereocenters. The predicted molar refractivity (Wildman–Crippen MR) is 70.7 cm³/mol. The largest absolute Gasteiger partial charge is 0.369 e. The van der Waals surface area contributed by atoms with Gasteiger partial charge in [-0.05, 0) is 23.9 Å². The van der Waals surface area contributed by atoms with Gasteiger partial charge in [0, 0.05) is 4.88 Å². The Morgan fingerprint density at radius 1 is 1.56 bits per heavy atom. The summed E-state index contributed by atoms with van der Waals surface area (Å²) in [6, 6.07) is 2.06. The van der Waals surface area contributed by atoms with Crippen LogP contribution in [0, 0.1) is 6.92 Å². The van der Waals surface area contributed by atoms with Crippen LogP contribution < -0.4 is 11.3 Å². The molecule has 0 unspecified atom stereocenters. The van der Waals surface area contributed by atoms with E-state index in [4.69, 9.17) is 5.73 Å². The third-order valence-corrected chi connectivity index (χ3v) is 3.78. The zero-order valence-electron chi connectivity index (χ0n) is 9.67. The van der Waals surface area contributed by atoms with Crippen LogP contribution in [0.4, 0.5) is 5.95 Å². The van der Waals surface area contributed by atoms with Crippen LogP contribution in [0.25, 0.3) is 11.2 Å². The number of thiophene rings is 1. The molecule has 3 N–H and O–H groups in total. The number of hydrogen-bond acceptors (Lipinski definition) is 5. The Hall–Kier alpha value is -2.15. The Morgan fingerprint density at radius 2 is 2.39 bits per heavy atom. The minimum Gasteiger partial charge on any atom is -0.369 e. The fourth-order valence-electron chi connectivity index (χ4n) is 1.81. The average Bonchev–Trinajstić information content (AvgIpc) is 2.88. The summed E-state index contributed by atoms with van der Waals surface area (Å²) in [5.41, 5.74) is 7.30. The maximum absolute atomic E-state index is 11.6. The van der Waals surface area contributed by atoms with Crippen molar-refractivity contribution in [3.63, 3.8) is 0 Å². The molecule has 0 bridgehead atoms. The summed E-state index contributed by atoms with van der Waals surface area (Å²) in [6.07, 6.45) is 1.62. The van der Waals surface area contributed by atoms with Crippen LogP contribution >= 0.6 is 11.3 Å². The van der Waals surface area contributed by atoms with E-state index in [1.807, 2.05) is 9.95 Å². The van der Waals surface area contributed by atoms with Crippen molar-refractivity contribution in [3.05, 3.63) is 38.6 Å². The van der Waals surface area contributed by atoms with E-state index in [1.54, 1.807) is 17.7 Å². The van der Waals surface area contributed by atoms with Gasteiger partial charge < -0.3 is 10.3 Å². The molecule has 0 saturated heterocycles. The Labute approximate surface area is 106 Å². The molecule has 0 fully saturated rings. The van der Waals surface area contributed by atoms with Crippen molar-refractivity contribution in [2.75, 3.05) is 5.73 Å². The van der Waals surface area contributed by atoms with Gasteiger partial charge in [0.25, 0.3) is 5.56 Å². The molecule has 0 aromatic carbocycles. The molecule has 0 aliphatic carbocycles. The zero-order valence-corrected chi connectivity index (χ0v) is 10.5. The van der Waals surface area contributed by atoms with Crippen molar-refractivity contribution >= 4 is 28.4 Å². The SMILES string of the molecule is Cc1ccsc1Cn1cnc2c(=O)[nH]c(N)nc21. The average molecular weight is 261 g/mol. The van der Waals surface area contributed by atoms with Crippen LogP contribution in [0.15, 0.2) is 22.6 Å². The van der Waals surface area contributed by atoms with Crippen LogP contribution in [-0.2, 0) is 6.54 Å². The van der Waals surface area contributed by atoms with E-state index in [-0.39, 0.29) is 11.5 Å². The second-order valence-corrected chi connectivity index (χ2v) is 5.02. The maximum Gasteiger partial charge on any atom is 0.280 e. The van der Waals surface area contributed by atoms with Gasteiger partial charge in [-0.15, -0.1) is 11.3 Å². The highest BCUT2D eigenvalue weighted by Gasteiger charge is 2.10. The van der Waals surface area contributed by atoms with Gasteiger partial charge in [0.05, 0.1) is 12.9 Å². The van der Waals surface area contributed by atoms with Crippen molar-refractivity contribution in [1.82, 2.24) is 19.5 Å². The van der Waals surface area contributed by atoms with Crippen molar-refractivity contribution in [1.29, 1.82) is 0 Å². The number of aromatic nitrogens is 4. The summed E-state index contributed by atoms with van der Waals surface area (Å²) in [7, 11) is 0. The first-order valence-electron chi connectivity index (χ1n) is 5.39. The molecular formula is C11H11N5OS.